The number of rotatable bonds is 4. The summed E-state index contributed by atoms with van der Waals surface area (Å²) in [5.74, 6) is 0.914. The highest BCUT2D eigenvalue weighted by molar-refractivity contribution is 5.75. The summed E-state index contributed by atoms with van der Waals surface area (Å²) < 4.78 is 12.1. The molecular formula is C23H28N2O2. The number of methoxy groups -OCH3 is 1. The van der Waals surface area contributed by atoms with E-state index in [2.05, 4.69) is 86.3 Å². The van der Waals surface area contributed by atoms with E-state index < -0.39 is 5.72 Å². The Hall–Kier alpha value is -2.46. The lowest BCUT2D eigenvalue weighted by Gasteiger charge is -2.39. The lowest BCUT2D eigenvalue weighted by Crippen LogP contribution is -2.51. The van der Waals surface area contributed by atoms with Gasteiger partial charge >= 0.3 is 0 Å². The van der Waals surface area contributed by atoms with Gasteiger partial charge < -0.3 is 19.3 Å². The summed E-state index contributed by atoms with van der Waals surface area (Å²) in [6.07, 6.45) is 4.40. The molecule has 1 fully saturated rings. The second-order valence-electron chi connectivity index (χ2n) is 8.00. The van der Waals surface area contributed by atoms with E-state index in [-0.39, 0.29) is 5.41 Å². The second-order valence-corrected chi connectivity index (χ2v) is 8.00. The first-order chi connectivity index (χ1) is 12.9. The van der Waals surface area contributed by atoms with Crippen LogP contribution < -0.4 is 14.5 Å². The van der Waals surface area contributed by atoms with Gasteiger partial charge in [-0.15, -0.1) is 0 Å². The fourth-order valence-electron chi connectivity index (χ4n) is 4.43. The SMILES string of the molecule is COc1cccc2c1N1CCOC1(C=Cc1ccc(N(C)C)cc1)C2(C)C. The summed E-state index contributed by atoms with van der Waals surface area (Å²) in [7, 11) is 5.85. The Labute approximate surface area is 162 Å². The van der Waals surface area contributed by atoms with E-state index in [9.17, 15) is 0 Å². The van der Waals surface area contributed by atoms with Crippen molar-refractivity contribution in [2.45, 2.75) is 25.0 Å². The van der Waals surface area contributed by atoms with Crippen molar-refractivity contribution in [1.29, 1.82) is 0 Å². The van der Waals surface area contributed by atoms with Crippen LogP contribution >= 0.6 is 0 Å². The van der Waals surface area contributed by atoms with Crippen LogP contribution in [0.3, 0.4) is 0 Å². The molecule has 27 heavy (non-hydrogen) atoms. The largest absolute Gasteiger partial charge is 0.495 e. The van der Waals surface area contributed by atoms with Gasteiger partial charge in [0.25, 0.3) is 0 Å². The quantitative estimate of drug-likeness (QED) is 0.808. The molecule has 0 N–H and O–H groups in total. The number of anilines is 2. The maximum absolute atomic E-state index is 6.42. The van der Waals surface area contributed by atoms with Crippen LogP contribution in [-0.2, 0) is 10.2 Å². The van der Waals surface area contributed by atoms with Crippen LogP contribution in [0.15, 0.2) is 48.5 Å². The smallest absolute Gasteiger partial charge is 0.170 e. The molecule has 0 aromatic heterocycles. The third-order valence-corrected chi connectivity index (χ3v) is 6.01. The fourth-order valence-corrected chi connectivity index (χ4v) is 4.43. The number of hydrogen-bond donors (Lipinski definition) is 0. The molecule has 0 amide bonds. The van der Waals surface area contributed by atoms with Gasteiger partial charge in [0, 0.05) is 31.7 Å². The lowest BCUT2D eigenvalue weighted by atomic mass is 9.77. The molecule has 2 aliphatic heterocycles. The zero-order valence-corrected chi connectivity index (χ0v) is 16.8. The highest BCUT2D eigenvalue weighted by atomic mass is 16.5. The van der Waals surface area contributed by atoms with Gasteiger partial charge in [-0.1, -0.05) is 44.2 Å². The molecule has 2 aromatic rings. The zero-order valence-electron chi connectivity index (χ0n) is 16.8. The molecule has 4 nitrogen and oxygen atoms in total. The van der Waals surface area contributed by atoms with Gasteiger partial charge in [0.05, 0.1) is 19.4 Å². The first-order valence-electron chi connectivity index (χ1n) is 9.46. The highest BCUT2D eigenvalue weighted by Crippen LogP contribution is 2.57. The monoisotopic (exact) mass is 364 g/mol. The van der Waals surface area contributed by atoms with Crippen molar-refractivity contribution < 1.29 is 9.47 Å². The summed E-state index contributed by atoms with van der Waals surface area (Å²) >= 11 is 0. The number of hydrogen-bond acceptors (Lipinski definition) is 4. The molecule has 4 heteroatoms. The van der Waals surface area contributed by atoms with Crippen molar-refractivity contribution in [3.8, 4) is 5.75 Å². The number of fused-ring (bicyclic) bond motifs is 3. The number of para-hydroxylation sites is 1. The molecule has 2 aromatic carbocycles. The summed E-state index contributed by atoms with van der Waals surface area (Å²) in [6.45, 7) is 6.09. The second kappa shape index (κ2) is 6.31. The topological polar surface area (TPSA) is 24.9 Å². The summed E-state index contributed by atoms with van der Waals surface area (Å²) in [4.78, 5) is 4.48. The first kappa shape index (κ1) is 17.9. The molecule has 1 atom stereocenters. The van der Waals surface area contributed by atoms with Crippen LogP contribution in [0.25, 0.3) is 6.08 Å². The van der Waals surface area contributed by atoms with Crippen LogP contribution in [0.2, 0.25) is 0 Å². The molecule has 1 unspecified atom stereocenters. The minimum atomic E-state index is -0.496. The Morgan fingerprint density at radius 3 is 2.52 bits per heavy atom. The van der Waals surface area contributed by atoms with E-state index in [0.29, 0.717) is 6.61 Å². The molecule has 0 saturated carbocycles. The van der Waals surface area contributed by atoms with E-state index >= 15 is 0 Å². The van der Waals surface area contributed by atoms with Crippen LogP contribution in [0, 0.1) is 0 Å². The molecule has 142 valence electrons. The maximum atomic E-state index is 6.42. The fraction of sp³-hybridized carbons (Fsp3) is 0.391. The van der Waals surface area contributed by atoms with Crippen LogP contribution in [0.5, 0.6) is 5.75 Å². The molecule has 0 bridgehead atoms. The third-order valence-electron chi connectivity index (χ3n) is 6.01. The Bertz CT molecular complexity index is 870. The lowest BCUT2D eigenvalue weighted by molar-refractivity contribution is 0.000302. The predicted octanol–water partition coefficient (Wildman–Crippen LogP) is 4.30. The van der Waals surface area contributed by atoms with Crippen molar-refractivity contribution in [3.63, 3.8) is 0 Å². The minimum absolute atomic E-state index is 0.187. The highest BCUT2D eigenvalue weighted by Gasteiger charge is 2.60. The van der Waals surface area contributed by atoms with Crippen LogP contribution in [0.4, 0.5) is 11.4 Å². The molecule has 2 heterocycles. The van der Waals surface area contributed by atoms with Gasteiger partial charge in [-0.25, -0.2) is 0 Å². The summed E-state index contributed by atoms with van der Waals surface area (Å²) in [5, 5.41) is 0. The number of nitrogens with zero attached hydrogens (tertiary/aromatic N) is 2. The minimum Gasteiger partial charge on any atom is -0.495 e. The van der Waals surface area contributed by atoms with Crippen LogP contribution in [-0.4, -0.2) is 40.1 Å². The predicted molar refractivity (Wildman–Crippen MR) is 112 cm³/mol. The average Bonchev–Trinajstić information content (AvgIpc) is 3.17. The Kier molecular flexibility index (Phi) is 4.19. The molecule has 0 spiro atoms. The van der Waals surface area contributed by atoms with E-state index in [1.807, 2.05) is 6.07 Å². The maximum Gasteiger partial charge on any atom is 0.170 e. The molecule has 0 radical (unpaired) electrons. The average molecular weight is 364 g/mol. The van der Waals surface area contributed by atoms with Crippen molar-refractivity contribution in [1.82, 2.24) is 0 Å². The van der Waals surface area contributed by atoms with Gasteiger partial charge in [-0.05, 0) is 35.4 Å². The third kappa shape index (κ3) is 2.54. The normalized spacial score (nSPS) is 22.8. The molecular weight excluding hydrogens is 336 g/mol. The zero-order chi connectivity index (χ0) is 19.2. The van der Waals surface area contributed by atoms with Gasteiger partial charge in [-0.3, -0.25) is 0 Å². The van der Waals surface area contributed by atoms with Crippen molar-refractivity contribution in [3.05, 3.63) is 59.7 Å². The van der Waals surface area contributed by atoms with Crippen LogP contribution in [0.1, 0.15) is 25.0 Å². The van der Waals surface area contributed by atoms with E-state index in [0.717, 1.165) is 18.0 Å². The van der Waals surface area contributed by atoms with Crippen molar-refractivity contribution in [2.24, 2.45) is 0 Å². The summed E-state index contributed by atoms with van der Waals surface area (Å²) in [6, 6.07) is 14.9. The van der Waals surface area contributed by atoms with E-state index in [1.54, 1.807) is 7.11 Å². The van der Waals surface area contributed by atoms with Gasteiger partial charge in [0.1, 0.15) is 5.75 Å². The summed E-state index contributed by atoms with van der Waals surface area (Å²) in [5.41, 5.74) is 4.12. The molecule has 1 saturated heterocycles. The van der Waals surface area contributed by atoms with E-state index in [4.69, 9.17) is 9.47 Å². The van der Waals surface area contributed by atoms with Gasteiger partial charge in [0.15, 0.2) is 5.72 Å². The first-order valence-corrected chi connectivity index (χ1v) is 9.46. The Morgan fingerprint density at radius 2 is 1.85 bits per heavy atom. The standard InChI is InChI=1S/C23H28N2O2/c1-22(2)19-7-6-8-20(26-5)21(19)25-15-16-27-23(22,25)14-13-17-9-11-18(12-10-17)24(3)4/h6-14H,15-16H2,1-5H3. The van der Waals surface area contributed by atoms with Gasteiger partial charge in [0.2, 0.25) is 0 Å². The molecule has 2 aliphatic rings. The van der Waals surface area contributed by atoms with Crippen molar-refractivity contribution in [2.75, 3.05) is 44.2 Å². The Morgan fingerprint density at radius 1 is 1.11 bits per heavy atom. The number of ether oxygens (including phenoxy) is 2. The van der Waals surface area contributed by atoms with Gasteiger partial charge in [-0.2, -0.15) is 0 Å². The van der Waals surface area contributed by atoms with E-state index in [1.165, 1.54) is 16.8 Å². The molecule has 0 aliphatic carbocycles. The Balaban J connectivity index is 1.75. The molecule has 4 rings (SSSR count). The number of benzene rings is 2. The van der Waals surface area contributed by atoms with Crippen molar-refractivity contribution >= 4 is 17.5 Å².